The first-order valence-electron chi connectivity index (χ1n) is 2.72. The SMILES string of the molecule is C=CC(N)(CC)C(=O)O. The topological polar surface area (TPSA) is 63.3 Å². The van der Waals surface area contributed by atoms with Crippen molar-refractivity contribution in [2.75, 3.05) is 0 Å². The van der Waals surface area contributed by atoms with Crippen LogP contribution in [0.25, 0.3) is 0 Å². The third-order valence-corrected chi connectivity index (χ3v) is 1.35. The summed E-state index contributed by atoms with van der Waals surface area (Å²) in [5.41, 5.74) is 4.09. The standard InChI is InChI=1S/C6H11NO2/c1-3-6(7,4-2)5(8)9/h3H,1,4,7H2,2H3,(H,8,9). The van der Waals surface area contributed by atoms with E-state index in [0.29, 0.717) is 6.42 Å². The molecule has 0 bridgehead atoms. The summed E-state index contributed by atoms with van der Waals surface area (Å²) >= 11 is 0. The Morgan fingerprint density at radius 1 is 2.00 bits per heavy atom. The van der Waals surface area contributed by atoms with E-state index in [4.69, 9.17) is 10.8 Å². The fraction of sp³-hybridized carbons (Fsp3) is 0.500. The van der Waals surface area contributed by atoms with E-state index in [1.165, 1.54) is 6.08 Å². The summed E-state index contributed by atoms with van der Waals surface area (Å²) < 4.78 is 0. The molecule has 0 radical (unpaired) electrons. The van der Waals surface area contributed by atoms with Gasteiger partial charge in [0.1, 0.15) is 5.54 Å². The largest absolute Gasteiger partial charge is 0.480 e. The molecule has 1 atom stereocenters. The van der Waals surface area contributed by atoms with Crippen molar-refractivity contribution >= 4 is 5.97 Å². The molecule has 0 saturated heterocycles. The predicted molar refractivity (Wildman–Crippen MR) is 35.0 cm³/mol. The molecular weight excluding hydrogens is 118 g/mol. The van der Waals surface area contributed by atoms with Crippen molar-refractivity contribution in [2.24, 2.45) is 5.73 Å². The lowest BCUT2D eigenvalue weighted by Gasteiger charge is -2.16. The van der Waals surface area contributed by atoms with Crippen LogP contribution in [0.1, 0.15) is 13.3 Å². The van der Waals surface area contributed by atoms with E-state index in [-0.39, 0.29) is 0 Å². The molecule has 0 aliphatic heterocycles. The van der Waals surface area contributed by atoms with Gasteiger partial charge in [0.25, 0.3) is 0 Å². The van der Waals surface area contributed by atoms with Crippen molar-refractivity contribution in [3.05, 3.63) is 12.7 Å². The maximum atomic E-state index is 10.3. The van der Waals surface area contributed by atoms with Crippen LogP contribution in [-0.4, -0.2) is 16.6 Å². The van der Waals surface area contributed by atoms with E-state index >= 15 is 0 Å². The maximum Gasteiger partial charge on any atom is 0.327 e. The number of aliphatic carboxylic acids is 1. The first-order chi connectivity index (χ1) is 4.06. The Hall–Kier alpha value is -0.830. The number of carboxylic acid groups (broad SMARTS) is 1. The lowest BCUT2D eigenvalue weighted by molar-refractivity contribution is -0.141. The average molecular weight is 129 g/mol. The molecule has 0 aromatic heterocycles. The Labute approximate surface area is 54.2 Å². The van der Waals surface area contributed by atoms with Gasteiger partial charge in [-0.25, -0.2) is 4.79 Å². The van der Waals surface area contributed by atoms with Gasteiger partial charge < -0.3 is 10.8 Å². The predicted octanol–water partition coefficient (Wildman–Crippen LogP) is 0.364. The average Bonchev–Trinajstić information content (AvgIpc) is 1.86. The van der Waals surface area contributed by atoms with Crippen LogP contribution in [0.3, 0.4) is 0 Å². The quantitative estimate of drug-likeness (QED) is 0.541. The molecule has 52 valence electrons. The second-order valence-electron chi connectivity index (χ2n) is 1.90. The minimum absolute atomic E-state index is 0.367. The first-order valence-corrected chi connectivity index (χ1v) is 2.72. The van der Waals surface area contributed by atoms with Crippen molar-refractivity contribution in [3.8, 4) is 0 Å². The Bertz CT molecular complexity index is 133. The van der Waals surface area contributed by atoms with E-state index in [1.54, 1.807) is 6.92 Å². The van der Waals surface area contributed by atoms with E-state index < -0.39 is 11.5 Å². The molecule has 0 aromatic rings. The zero-order valence-electron chi connectivity index (χ0n) is 5.42. The third-order valence-electron chi connectivity index (χ3n) is 1.35. The van der Waals surface area contributed by atoms with Gasteiger partial charge in [-0.2, -0.15) is 0 Å². The van der Waals surface area contributed by atoms with Crippen molar-refractivity contribution in [1.29, 1.82) is 0 Å². The fourth-order valence-electron chi connectivity index (χ4n) is 0.383. The van der Waals surface area contributed by atoms with Crippen LogP contribution in [-0.2, 0) is 4.79 Å². The van der Waals surface area contributed by atoms with Gasteiger partial charge in [0.15, 0.2) is 0 Å². The summed E-state index contributed by atoms with van der Waals surface area (Å²) in [5, 5.41) is 8.44. The summed E-state index contributed by atoms with van der Waals surface area (Å²) in [4.78, 5) is 10.3. The molecule has 0 fully saturated rings. The molecule has 3 N–H and O–H groups in total. The van der Waals surface area contributed by atoms with Crippen LogP contribution >= 0.6 is 0 Å². The molecule has 0 aliphatic carbocycles. The molecule has 0 amide bonds. The molecule has 3 heteroatoms. The highest BCUT2D eigenvalue weighted by molar-refractivity contribution is 5.80. The molecule has 0 spiro atoms. The smallest absolute Gasteiger partial charge is 0.327 e. The number of carboxylic acids is 1. The summed E-state index contributed by atoms with van der Waals surface area (Å²) in [6.45, 7) is 5.02. The van der Waals surface area contributed by atoms with Gasteiger partial charge in [0.05, 0.1) is 0 Å². The van der Waals surface area contributed by atoms with Crippen LogP contribution in [0, 0.1) is 0 Å². The maximum absolute atomic E-state index is 10.3. The van der Waals surface area contributed by atoms with Crippen LogP contribution in [0.2, 0.25) is 0 Å². The van der Waals surface area contributed by atoms with E-state index in [2.05, 4.69) is 6.58 Å². The number of carbonyl (C=O) groups is 1. The minimum Gasteiger partial charge on any atom is -0.480 e. The van der Waals surface area contributed by atoms with Crippen LogP contribution in [0.5, 0.6) is 0 Å². The second-order valence-corrected chi connectivity index (χ2v) is 1.90. The van der Waals surface area contributed by atoms with Crippen molar-refractivity contribution < 1.29 is 9.90 Å². The van der Waals surface area contributed by atoms with Crippen LogP contribution in [0.15, 0.2) is 12.7 Å². The van der Waals surface area contributed by atoms with Gasteiger partial charge in [-0.05, 0) is 6.42 Å². The number of hydrogen-bond donors (Lipinski definition) is 2. The minimum atomic E-state index is -1.24. The van der Waals surface area contributed by atoms with Crippen molar-refractivity contribution in [3.63, 3.8) is 0 Å². The van der Waals surface area contributed by atoms with Gasteiger partial charge >= 0.3 is 5.97 Å². The summed E-state index contributed by atoms with van der Waals surface area (Å²) in [6.07, 6.45) is 1.61. The van der Waals surface area contributed by atoms with Gasteiger partial charge in [-0.15, -0.1) is 6.58 Å². The molecule has 0 rings (SSSR count). The molecule has 0 saturated carbocycles. The Kier molecular flexibility index (Phi) is 2.40. The summed E-state index contributed by atoms with van der Waals surface area (Å²) in [6, 6.07) is 0. The van der Waals surface area contributed by atoms with Gasteiger partial charge in [0, 0.05) is 0 Å². The van der Waals surface area contributed by atoms with Crippen LogP contribution in [0.4, 0.5) is 0 Å². The highest BCUT2D eigenvalue weighted by Gasteiger charge is 2.27. The van der Waals surface area contributed by atoms with Crippen LogP contribution < -0.4 is 5.73 Å². The zero-order valence-corrected chi connectivity index (χ0v) is 5.42. The highest BCUT2D eigenvalue weighted by atomic mass is 16.4. The fourth-order valence-corrected chi connectivity index (χ4v) is 0.383. The monoisotopic (exact) mass is 129 g/mol. The lowest BCUT2D eigenvalue weighted by atomic mass is 9.99. The molecule has 0 heterocycles. The summed E-state index contributed by atoms with van der Waals surface area (Å²) in [5.74, 6) is -1.03. The summed E-state index contributed by atoms with van der Waals surface area (Å²) in [7, 11) is 0. The molecule has 0 aliphatic rings. The Balaban J connectivity index is 4.27. The molecular formula is C6H11NO2. The number of nitrogens with two attached hydrogens (primary N) is 1. The van der Waals surface area contributed by atoms with Gasteiger partial charge in [0.2, 0.25) is 0 Å². The molecule has 1 unspecified atom stereocenters. The van der Waals surface area contributed by atoms with E-state index in [1.807, 2.05) is 0 Å². The highest BCUT2D eigenvalue weighted by Crippen LogP contribution is 2.06. The zero-order chi connectivity index (χ0) is 7.49. The number of hydrogen-bond acceptors (Lipinski definition) is 2. The Morgan fingerprint density at radius 2 is 2.44 bits per heavy atom. The van der Waals surface area contributed by atoms with Crippen molar-refractivity contribution in [1.82, 2.24) is 0 Å². The third kappa shape index (κ3) is 1.54. The normalized spacial score (nSPS) is 16.2. The number of rotatable bonds is 3. The lowest BCUT2D eigenvalue weighted by Crippen LogP contribution is -2.45. The van der Waals surface area contributed by atoms with Crippen molar-refractivity contribution in [2.45, 2.75) is 18.9 Å². The van der Waals surface area contributed by atoms with Gasteiger partial charge in [-0.3, -0.25) is 0 Å². The second kappa shape index (κ2) is 2.64. The molecule has 0 aromatic carbocycles. The first kappa shape index (κ1) is 8.17. The van der Waals surface area contributed by atoms with Gasteiger partial charge in [-0.1, -0.05) is 13.0 Å². The molecule has 9 heavy (non-hydrogen) atoms. The Morgan fingerprint density at radius 3 is 2.44 bits per heavy atom. The molecule has 3 nitrogen and oxygen atoms in total. The van der Waals surface area contributed by atoms with E-state index in [9.17, 15) is 4.79 Å². The van der Waals surface area contributed by atoms with E-state index in [0.717, 1.165) is 0 Å².